The van der Waals surface area contributed by atoms with Crippen LogP contribution in [-0.4, -0.2) is 36.1 Å². The van der Waals surface area contributed by atoms with Crippen molar-refractivity contribution >= 4 is 38.4 Å². The highest BCUT2D eigenvalue weighted by Gasteiger charge is 2.40. The van der Waals surface area contributed by atoms with Crippen LogP contribution in [0.2, 0.25) is 10.0 Å². The Morgan fingerprint density at radius 3 is 1.76 bits per heavy atom. The molecule has 74 heavy (non-hydrogen) atoms. The molecule has 4 aliphatic rings. The van der Waals surface area contributed by atoms with Crippen LogP contribution in [0.15, 0.2) is 103 Å². The minimum atomic E-state index is -3.68. The van der Waals surface area contributed by atoms with Crippen molar-refractivity contribution in [1.82, 2.24) is 0 Å². The van der Waals surface area contributed by atoms with E-state index >= 15 is 0 Å². The van der Waals surface area contributed by atoms with Crippen LogP contribution < -0.4 is 9.47 Å². The monoisotopic (exact) mass is 1080 g/mol. The van der Waals surface area contributed by atoms with Gasteiger partial charge in [-0.3, -0.25) is 18.2 Å². The molecule has 2 aliphatic heterocycles. The fraction of sp³-hybridized carbons (Fsp3) is 0.400. The molecule has 6 aromatic carbocycles. The third kappa shape index (κ3) is 11.1. The zero-order valence-electron chi connectivity index (χ0n) is 42.9. The average molecular weight is 1080 g/mol. The quantitative estimate of drug-likeness (QED) is 0.108. The van der Waals surface area contributed by atoms with Crippen molar-refractivity contribution in [2.45, 2.75) is 128 Å². The molecule has 0 saturated carbocycles. The largest absolute Gasteiger partial charge is 0.508 e. The van der Waals surface area contributed by atoms with E-state index in [1.54, 1.807) is 12.1 Å². The van der Waals surface area contributed by atoms with Crippen LogP contribution in [0.1, 0.15) is 174 Å². The molecule has 7 atom stereocenters. The molecular formula is C60H66Cl2O10P2. The van der Waals surface area contributed by atoms with E-state index in [0.717, 1.165) is 87.7 Å². The van der Waals surface area contributed by atoms with Crippen molar-refractivity contribution in [3.05, 3.63) is 185 Å². The summed E-state index contributed by atoms with van der Waals surface area (Å²) in [5.74, 6) is 2.16. The highest BCUT2D eigenvalue weighted by molar-refractivity contribution is 7.54. The molecule has 0 spiro atoms. The molecule has 0 aromatic heterocycles. The number of halogens is 2. The van der Waals surface area contributed by atoms with Crippen LogP contribution in [0.5, 0.6) is 23.0 Å². The normalized spacial score (nSPS) is 24.9. The van der Waals surface area contributed by atoms with Crippen molar-refractivity contribution in [1.29, 1.82) is 0 Å². The summed E-state index contributed by atoms with van der Waals surface area (Å²) in [7, 11) is -7.28. The Labute approximate surface area is 445 Å². The SMILES string of the molecule is Cc1cc(OCP2(=O)OCC[C@@H](c3ccc(C4CCc5cc(OC[P@]6(=O)OCC[C@@H](c7cccc(Cl)c7)O6)cc(C)c5[C@@H]4c4ccc(O)c(C(C)C)c4)c(Cl)c3)O2)cc2c1[C@H](c1ccc(O)c(C(C)C)c1)CCC2. The van der Waals surface area contributed by atoms with Crippen molar-refractivity contribution in [3.63, 3.8) is 0 Å². The number of benzene rings is 6. The van der Waals surface area contributed by atoms with Gasteiger partial charge in [-0.15, -0.1) is 0 Å². The molecule has 6 aromatic rings. The number of rotatable bonds is 13. The fourth-order valence-electron chi connectivity index (χ4n) is 11.9. The Morgan fingerprint density at radius 1 is 0.608 bits per heavy atom. The van der Waals surface area contributed by atoms with Crippen LogP contribution in [0.25, 0.3) is 0 Å². The topological polar surface area (TPSA) is 130 Å². The zero-order chi connectivity index (χ0) is 52.1. The van der Waals surface area contributed by atoms with Crippen LogP contribution >= 0.6 is 38.4 Å². The van der Waals surface area contributed by atoms with Gasteiger partial charge >= 0.3 is 15.2 Å². The molecule has 2 saturated heterocycles. The van der Waals surface area contributed by atoms with Crippen LogP contribution in [0.3, 0.4) is 0 Å². The number of aryl methyl sites for hydroxylation is 4. The van der Waals surface area contributed by atoms with Gasteiger partial charge < -0.3 is 28.7 Å². The maximum atomic E-state index is 14.3. The minimum absolute atomic E-state index is 0.0357. The number of aromatic hydroxyl groups is 2. The summed E-state index contributed by atoms with van der Waals surface area (Å²) in [6.07, 6.45) is 4.13. The molecule has 2 unspecified atom stereocenters. The van der Waals surface area contributed by atoms with E-state index in [1.807, 2.05) is 66.7 Å². The van der Waals surface area contributed by atoms with Gasteiger partial charge in [0.1, 0.15) is 23.0 Å². The maximum Gasteiger partial charge on any atom is 0.368 e. The van der Waals surface area contributed by atoms with Gasteiger partial charge in [0.15, 0.2) is 12.7 Å². The highest BCUT2D eigenvalue weighted by Crippen LogP contribution is 2.59. The summed E-state index contributed by atoms with van der Waals surface area (Å²) < 4.78 is 64.8. The number of phenols is 2. The lowest BCUT2D eigenvalue weighted by Crippen LogP contribution is -2.23. The van der Waals surface area contributed by atoms with Gasteiger partial charge in [-0.05, 0) is 191 Å². The van der Waals surface area contributed by atoms with Gasteiger partial charge in [0, 0.05) is 34.7 Å². The lowest BCUT2D eigenvalue weighted by Gasteiger charge is -2.37. The Morgan fingerprint density at radius 2 is 1.16 bits per heavy atom. The minimum Gasteiger partial charge on any atom is -0.508 e. The number of fused-ring (bicyclic) bond motifs is 2. The maximum absolute atomic E-state index is 14.3. The molecule has 2 fully saturated rings. The molecule has 2 aliphatic carbocycles. The van der Waals surface area contributed by atoms with Crippen LogP contribution in [0, 0.1) is 13.8 Å². The molecule has 0 bridgehead atoms. The van der Waals surface area contributed by atoms with Gasteiger partial charge in [-0.2, -0.15) is 0 Å². The third-order valence-corrected chi connectivity index (χ3v) is 19.2. The van der Waals surface area contributed by atoms with E-state index < -0.39 is 27.4 Å². The van der Waals surface area contributed by atoms with Crippen molar-refractivity contribution < 1.29 is 46.9 Å². The predicted octanol–water partition coefficient (Wildman–Crippen LogP) is 17.0. The van der Waals surface area contributed by atoms with E-state index in [9.17, 15) is 19.3 Å². The first-order valence-electron chi connectivity index (χ1n) is 26.0. The second-order valence-electron chi connectivity index (χ2n) is 21.2. The lowest BCUT2D eigenvalue weighted by atomic mass is 9.67. The number of phenolic OH excluding ortho intramolecular Hbond substituents is 2. The average Bonchev–Trinajstić information content (AvgIpc) is 3.37. The lowest BCUT2D eigenvalue weighted by molar-refractivity contribution is 0.0720. The van der Waals surface area contributed by atoms with Gasteiger partial charge in [-0.1, -0.05) is 99.4 Å². The van der Waals surface area contributed by atoms with E-state index in [4.69, 9.17) is 50.8 Å². The van der Waals surface area contributed by atoms with E-state index in [-0.39, 0.29) is 61.2 Å². The second-order valence-corrected chi connectivity index (χ2v) is 25.9. The first kappa shape index (κ1) is 52.8. The van der Waals surface area contributed by atoms with E-state index in [2.05, 4.69) is 65.8 Å². The molecule has 390 valence electrons. The summed E-state index contributed by atoms with van der Waals surface area (Å²) >= 11 is 13.6. The third-order valence-electron chi connectivity index (χ3n) is 15.4. The summed E-state index contributed by atoms with van der Waals surface area (Å²) in [5, 5.41) is 22.7. The van der Waals surface area contributed by atoms with E-state index in [0.29, 0.717) is 40.1 Å². The number of hydrogen-bond donors (Lipinski definition) is 2. The van der Waals surface area contributed by atoms with Crippen molar-refractivity contribution in [3.8, 4) is 23.0 Å². The van der Waals surface area contributed by atoms with Gasteiger partial charge in [0.05, 0.1) is 25.4 Å². The molecule has 2 N–H and O–H groups in total. The molecule has 10 rings (SSSR count). The molecule has 14 heteroatoms. The molecule has 0 radical (unpaired) electrons. The smallest absolute Gasteiger partial charge is 0.368 e. The van der Waals surface area contributed by atoms with Crippen molar-refractivity contribution in [2.24, 2.45) is 0 Å². The van der Waals surface area contributed by atoms with Gasteiger partial charge in [0.25, 0.3) is 0 Å². The first-order valence-corrected chi connectivity index (χ1v) is 30.2. The van der Waals surface area contributed by atoms with E-state index in [1.165, 1.54) is 16.7 Å². The summed E-state index contributed by atoms with van der Waals surface area (Å²) in [6, 6.07) is 33.5. The Bertz CT molecular complexity index is 3170. The molecule has 0 amide bonds. The second kappa shape index (κ2) is 21.8. The number of hydrogen-bond acceptors (Lipinski definition) is 10. The molecule has 10 nitrogen and oxygen atoms in total. The summed E-state index contributed by atoms with van der Waals surface area (Å²) in [4.78, 5) is 0. The van der Waals surface area contributed by atoms with Crippen LogP contribution in [-0.2, 0) is 40.1 Å². The standard InChI is InChI=1S/C60H66Cl2O10P2/c1-35(2)51-30-39(15-19-54(51)63)48-12-8-10-42-28-46(25-37(5)58(42)48)67-33-74(66)70-24-22-57(72-74)41-13-17-49(53(62)32-41)50-18-14-43-29-47(26-38(6)59(43)60(50)44-16-20-55(64)52(31-44)36(3)4)68-34-73(65)69-23-21-56(71-73)40-9-7-11-45(61)27-40/h7,9,11,13,15-17,19-20,25-32,35-36,48,50,56-57,60,63-64H,8,10,12,14,18,21-24,33-34H2,1-6H3/t48-,50?,56-,57-,60+,73-,74?/m0/s1. The molecular weight excluding hydrogens is 1010 g/mol. The van der Waals surface area contributed by atoms with Crippen molar-refractivity contribution in [2.75, 3.05) is 25.9 Å². The first-order chi connectivity index (χ1) is 35.4. The zero-order valence-corrected chi connectivity index (χ0v) is 46.2. The number of ether oxygens (including phenoxy) is 2. The Balaban J connectivity index is 0.864. The Kier molecular flexibility index (Phi) is 15.6. The van der Waals surface area contributed by atoms with Crippen LogP contribution in [0.4, 0.5) is 0 Å². The summed E-state index contributed by atoms with van der Waals surface area (Å²) in [5.41, 5.74) is 13.7. The Hall–Kier alpha value is -4.60. The fourth-order valence-corrected chi connectivity index (χ4v) is 15.4. The highest BCUT2D eigenvalue weighted by atomic mass is 35.5. The van der Waals surface area contributed by atoms with Gasteiger partial charge in [-0.25, -0.2) is 0 Å². The van der Waals surface area contributed by atoms with Gasteiger partial charge in [0.2, 0.25) is 0 Å². The summed E-state index contributed by atoms with van der Waals surface area (Å²) in [6.45, 7) is 13.1. The predicted molar refractivity (Wildman–Crippen MR) is 292 cm³/mol. The molecule has 2 heterocycles.